The number of amides is 1. The Balaban J connectivity index is 1.19. The normalized spacial score (nSPS) is 17.5. The van der Waals surface area contributed by atoms with Crippen LogP contribution in [0.4, 0.5) is 20.7 Å². The maximum absolute atomic E-state index is 15.1. The van der Waals surface area contributed by atoms with E-state index in [1.54, 1.807) is 42.5 Å². The number of anilines is 2. The molecule has 2 aliphatic rings. The topological polar surface area (TPSA) is 118 Å². The average molecular weight is 583 g/mol. The van der Waals surface area contributed by atoms with Crippen LogP contribution in [0.15, 0.2) is 65.7 Å². The molecule has 0 aliphatic carbocycles. The van der Waals surface area contributed by atoms with E-state index in [1.165, 1.54) is 30.2 Å². The Morgan fingerprint density at radius 2 is 1.85 bits per heavy atom. The van der Waals surface area contributed by atoms with E-state index in [1.807, 2.05) is 4.90 Å². The number of halogens is 1. The first-order chi connectivity index (χ1) is 19.7. The van der Waals surface area contributed by atoms with Gasteiger partial charge in [0.05, 0.1) is 25.4 Å². The van der Waals surface area contributed by atoms with Crippen molar-refractivity contribution in [1.29, 1.82) is 0 Å². The van der Waals surface area contributed by atoms with Crippen molar-refractivity contribution < 1.29 is 31.9 Å². The fourth-order valence-corrected chi connectivity index (χ4v) is 5.69. The summed E-state index contributed by atoms with van der Waals surface area (Å²) < 4.78 is 53.9. The fourth-order valence-electron chi connectivity index (χ4n) is 4.73. The highest BCUT2D eigenvalue weighted by molar-refractivity contribution is 7.89. The first kappa shape index (κ1) is 28.7. The van der Waals surface area contributed by atoms with Gasteiger partial charge < -0.3 is 19.2 Å². The van der Waals surface area contributed by atoms with E-state index in [0.29, 0.717) is 67.3 Å². The molecule has 1 amide bonds. The van der Waals surface area contributed by atoms with Gasteiger partial charge in [0.2, 0.25) is 10.0 Å². The quantitative estimate of drug-likeness (QED) is 0.383. The van der Waals surface area contributed by atoms with E-state index in [4.69, 9.17) is 9.47 Å². The largest absolute Gasteiger partial charge is 0.444 e. The van der Waals surface area contributed by atoms with Crippen LogP contribution in [0.25, 0.3) is 11.1 Å². The summed E-state index contributed by atoms with van der Waals surface area (Å²) in [6.45, 7) is 4.42. The number of nitrogens with one attached hydrogen (secondary N) is 1. The van der Waals surface area contributed by atoms with Gasteiger partial charge in [0.25, 0.3) is 0 Å². The van der Waals surface area contributed by atoms with E-state index >= 15 is 4.39 Å². The number of morpholine rings is 1. The summed E-state index contributed by atoms with van der Waals surface area (Å²) in [6, 6.07) is 14.6. The van der Waals surface area contributed by atoms with Crippen molar-refractivity contribution in [3.63, 3.8) is 0 Å². The monoisotopic (exact) mass is 582 g/mol. The van der Waals surface area contributed by atoms with E-state index < -0.39 is 28.0 Å². The van der Waals surface area contributed by atoms with Crippen molar-refractivity contribution in [2.75, 3.05) is 42.6 Å². The number of hydrogen-bond donors (Lipinski definition) is 1. The molecule has 41 heavy (non-hydrogen) atoms. The van der Waals surface area contributed by atoms with E-state index in [2.05, 4.69) is 9.71 Å². The maximum Gasteiger partial charge on any atom is 0.414 e. The highest BCUT2D eigenvalue weighted by Crippen LogP contribution is 2.30. The SMILES string of the molecule is CC(=O)CC[C@H]1CN(c2ccc(-c3ccc(CNS(=O)(=O)c4ccc(N5CCOCC5)nc4)cc3)c(F)c2)C(=O)O1. The summed E-state index contributed by atoms with van der Waals surface area (Å²) in [5.74, 6) is 0.214. The number of nitrogens with zero attached hydrogens (tertiary/aromatic N) is 3. The predicted octanol–water partition coefficient (Wildman–Crippen LogP) is 3.90. The molecule has 0 unspecified atom stereocenters. The van der Waals surface area contributed by atoms with Crippen LogP contribution >= 0.6 is 0 Å². The highest BCUT2D eigenvalue weighted by Gasteiger charge is 2.32. The Bertz CT molecular complexity index is 1510. The molecule has 1 N–H and O–H groups in total. The van der Waals surface area contributed by atoms with Gasteiger partial charge in [-0.25, -0.2) is 27.3 Å². The lowest BCUT2D eigenvalue weighted by molar-refractivity contribution is -0.117. The fraction of sp³-hybridized carbons (Fsp3) is 0.345. The molecule has 10 nitrogen and oxygen atoms in total. The number of ether oxygens (including phenoxy) is 2. The van der Waals surface area contributed by atoms with Crippen molar-refractivity contribution in [3.05, 3.63) is 72.2 Å². The molecule has 0 radical (unpaired) electrons. The Hall–Kier alpha value is -3.87. The number of cyclic esters (lactones) is 1. The second-order valence-electron chi connectivity index (χ2n) is 9.99. The summed E-state index contributed by atoms with van der Waals surface area (Å²) in [4.78, 5) is 31.3. The lowest BCUT2D eigenvalue weighted by Crippen LogP contribution is -2.36. The molecule has 0 spiro atoms. The summed E-state index contributed by atoms with van der Waals surface area (Å²) in [5, 5.41) is 0. The number of benzene rings is 2. The van der Waals surface area contributed by atoms with Gasteiger partial charge >= 0.3 is 6.09 Å². The van der Waals surface area contributed by atoms with Gasteiger partial charge in [-0.15, -0.1) is 0 Å². The predicted molar refractivity (Wildman–Crippen MR) is 151 cm³/mol. The third-order valence-corrected chi connectivity index (χ3v) is 8.44. The van der Waals surface area contributed by atoms with Crippen molar-refractivity contribution in [3.8, 4) is 11.1 Å². The van der Waals surface area contributed by atoms with Gasteiger partial charge in [0.1, 0.15) is 28.4 Å². The minimum atomic E-state index is -3.78. The smallest absolute Gasteiger partial charge is 0.414 e. The molecule has 2 fully saturated rings. The van der Waals surface area contributed by atoms with Gasteiger partial charge in [0.15, 0.2) is 0 Å². The van der Waals surface area contributed by atoms with Crippen LogP contribution in [0.1, 0.15) is 25.3 Å². The number of aromatic nitrogens is 1. The number of ketones is 1. The molecule has 0 bridgehead atoms. The summed E-state index contributed by atoms with van der Waals surface area (Å²) in [7, 11) is -3.78. The number of pyridine rings is 1. The van der Waals surface area contributed by atoms with E-state index in [0.717, 1.165) is 0 Å². The second-order valence-corrected chi connectivity index (χ2v) is 11.8. The molecule has 3 aromatic rings. The van der Waals surface area contributed by atoms with Crippen molar-refractivity contribution >= 4 is 33.4 Å². The molecule has 1 aromatic heterocycles. The Morgan fingerprint density at radius 3 is 2.51 bits per heavy atom. The van der Waals surface area contributed by atoms with Gasteiger partial charge in [-0.05, 0) is 54.8 Å². The molecule has 1 atom stereocenters. The Labute approximate surface area is 238 Å². The van der Waals surface area contributed by atoms with Crippen LogP contribution in [-0.4, -0.2) is 64.2 Å². The second kappa shape index (κ2) is 12.3. The number of carbonyl (C=O) groups is 2. The maximum atomic E-state index is 15.1. The zero-order valence-electron chi connectivity index (χ0n) is 22.6. The lowest BCUT2D eigenvalue weighted by Gasteiger charge is -2.27. The van der Waals surface area contributed by atoms with Crippen molar-refractivity contribution in [2.24, 2.45) is 0 Å². The number of rotatable bonds is 10. The first-order valence-corrected chi connectivity index (χ1v) is 14.8. The van der Waals surface area contributed by atoms with Crippen molar-refractivity contribution in [1.82, 2.24) is 9.71 Å². The molecule has 2 saturated heterocycles. The summed E-state index contributed by atoms with van der Waals surface area (Å²) in [5.41, 5.74) is 2.02. The van der Waals surface area contributed by atoms with Gasteiger partial charge in [-0.3, -0.25) is 4.90 Å². The van der Waals surface area contributed by atoms with Crippen LogP contribution in [0.3, 0.4) is 0 Å². The molecule has 3 heterocycles. The number of carbonyl (C=O) groups excluding carboxylic acids is 2. The molecule has 12 heteroatoms. The lowest BCUT2D eigenvalue weighted by atomic mass is 10.0. The van der Waals surface area contributed by atoms with Crippen molar-refractivity contribution in [2.45, 2.75) is 37.3 Å². The van der Waals surface area contributed by atoms with E-state index in [9.17, 15) is 18.0 Å². The first-order valence-electron chi connectivity index (χ1n) is 13.3. The van der Waals surface area contributed by atoms with Crippen LogP contribution in [0, 0.1) is 5.82 Å². The highest BCUT2D eigenvalue weighted by atomic mass is 32.2. The number of sulfonamides is 1. The number of Topliss-reactive ketones (excluding diaryl/α,β-unsaturated/α-hetero) is 1. The van der Waals surface area contributed by atoms with Gasteiger partial charge in [0, 0.05) is 37.8 Å². The summed E-state index contributed by atoms with van der Waals surface area (Å²) >= 11 is 0. The van der Waals surface area contributed by atoms with E-state index in [-0.39, 0.29) is 23.8 Å². The minimum absolute atomic E-state index is 0.0185. The zero-order valence-corrected chi connectivity index (χ0v) is 23.4. The molecule has 5 rings (SSSR count). The third kappa shape index (κ3) is 6.89. The number of hydrogen-bond acceptors (Lipinski definition) is 8. The molecular weight excluding hydrogens is 551 g/mol. The average Bonchev–Trinajstić information content (AvgIpc) is 3.36. The molecular formula is C29H31FN4O6S. The zero-order chi connectivity index (χ0) is 29.0. The standard InChI is InChI=1S/C29H31FN4O6S/c1-20(35)2-8-24-19-34(29(36)40-24)23-7-10-26(27(30)16-23)22-5-3-21(4-6-22)17-32-41(37,38)25-9-11-28(31-18-25)33-12-14-39-15-13-33/h3-7,9-11,16,18,24,32H,2,8,12-15,17,19H2,1H3/t24-/m0/s1. The molecule has 2 aliphatic heterocycles. The van der Waals surface area contributed by atoms with Crippen LogP contribution in [-0.2, 0) is 30.8 Å². The van der Waals surface area contributed by atoms with Gasteiger partial charge in [-0.2, -0.15) is 0 Å². The molecule has 216 valence electrons. The molecule has 0 saturated carbocycles. The summed E-state index contributed by atoms with van der Waals surface area (Å²) in [6.07, 6.45) is 1.11. The van der Waals surface area contributed by atoms with Crippen LogP contribution < -0.4 is 14.5 Å². The van der Waals surface area contributed by atoms with Gasteiger partial charge in [-0.1, -0.05) is 24.3 Å². The Kier molecular flexibility index (Phi) is 8.62. The van der Waals surface area contributed by atoms with Crippen LogP contribution in [0.2, 0.25) is 0 Å². The molecule has 2 aromatic carbocycles. The Morgan fingerprint density at radius 1 is 1.10 bits per heavy atom. The third-order valence-electron chi connectivity index (χ3n) is 7.05. The minimum Gasteiger partial charge on any atom is -0.444 e. The van der Waals surface area contributed by atoms with Crippen LogP contribution in [0.5, 0.6) is 0 Å².